The van der Waals surface area contributed by atoms with Gasteiger partial charge in [0, 0.05) is 4.90 Å². The van der Waals surface area contributed by atoms with Gasteiger partial charge in [0.15, 0.2) is 0 Å². The van der Waals surface area contributed by atoms with E-state index in [0.29, 0.717) is 4.90 Å². The minimum absolute atomic E-state index is 0.0111. The molecule has 0 spiro atoms. The molecule has 4 nitrogen and oxygen atoms in total. The smallest absolute Gasteiger partial charge is 0.248 e. The van der Waals surface area contributed by atoms with Crippen LogP contribution in [0.3, 0.4) is 0 Å². The standard InChI is InChI=1S/C20H17FN2O2S/c21-17-7-3-4-8-18(17)26-13-20(25)23-22-19(24)12-14-9-10-15-5-1-2-6-16(15)11-14/h1-11H,12-13H2,(H,22,24)(H,23,25). The van der Waals surface area contributed by atoms with Gasteiger partial charge in [-0.05, 0) is 28.5 Å². The molecule has 0 aliphatic carbocycles. The Bertz CT molecular complexity index is 946. The van der Waals surface area contributed by atoms with Crippen LogP contribution in [-0.4, -0.2) is 17.6 Å². The first kappa shape index (κ1) is 17.9. The van der Waals surface area contributed by atoms with E-state index >= 15 is 0 Å². The summed E-state index contributed by atoms with van der Waals surface area (Å²) in [5, 5.41) is 2.17. The van der Waals surface area contributed by atoms with Crippen molar-refractivity contribution in [2.45, 2.75) is 11.3 Å². The molecule has 0 bridgehead atoms. The Kier molecular flexibility index (Phi) is 5.86. The van der Waals surface area contributed by atoms with Gasteiger partial charge in [0.1, 0.15) is 5.82 Å². The summed E-state index contributed by atoms with van der Waals surface area (Å²) in [6, 6.07) is 19.9. The van der Waals surface area contributed by atoms with Crippen LogP contribution in [-0.2, 0) is 16.0 Å². The second-order valence-corrected chi connectivity index (χ2v) is 6.69. The van der Waals surface area contributed by atoms with E-state index in [0.717, 1.165) is 28.1 Å². The van der Waals surface area contributed by atoms with Crippen LogP contribution >= 0.6 is 11.8 Å². The molecule has 0 aromatic heterocycles. The van der Waals surface area contributed by atoms with Crippen LogP contribution in [0.2, 0.25) is 0 Å². The van der Waals surface area contributed by atoms with Crippen molar-refractivity contribution in [3.05, 3.63) is 78.1 Å². The minimum Gasteiger partial charge on any atom is -0.273 e. The highest BCUT2D eigenvalue weighted by Gasteiger charge is 2.08. The van der Waals surface area contributed by atoms with Crippen molar-refractivity contribution in [2.24, 2.45) is 0 Å². The normalized spacial score (nSPS) is 10.5. The number of halogens is 1. The summed E-state index contributed by atoms with van der Waals surface area (Å²) in [7, 11) is 0. The van der Waals surface area contributed by atoms with Gasteiger partial charge in [0.05, 0.1) is 12.2 Å². The molecule has 0 radical (unpaired) electrons. The zero-order chi connectivity index (χ0) is 18.4. The molecule has 6 heteroatoms. The largest absolute Gasteiger partial charge is 0.273 e. The van der Waals surface area contributed by atoms with Crippen molar-refractivity contribution >= 4 is 34.3 Å². The van der Waals surface area contributed by atoms with Crippen LogP contribution in [0.25, 0.3) is 10.8 Å². The fraction of sp³-hybridized carbons (Fsp3) is 0.100. The van der Waals surface area contributed by atoms with E-state index in [1.165, 1.54) is 6.07 Å². The number of hydrazine groups is 1. The lowest BCUT2D eigenvalue weighted by Gasteiger charge is -2.08. The lowest BCUT2D eigenvalue weighted by molar-refractivity contribution is -0.127. The molecular formula is C20H17FN2O2S. The highest BCUT2D eigenvalue weighted by Crippen LogP contribution is 2.20. The van der Waals surface area contributed by atoms with Gasteiger partial charge in [0.2, 0.25) is 11.8 Å². The Hall–Kier alpha value is -2.86. The highest BCUT2D eigenvalue weighted by atomic mass is 32.2. The lowest BCUT2D eigenvalue weighted by Crippen LogP contribution is -2.43. The summed E-state index contributed by atoms with van der Waals surface area (Å²) < 4.78 is 13.5. The Balaban J connectivity index is 1.47. The maximum Gasteiger partial charge on any atom is 0.248 e. The van der Waals surface area contributed by atoms with Gasteiger partial charge in [0.25, 0.3) is 0 Å². The van der Waals surface area contributed by atoms with Crippen molar-refractivity contribution in [3.63, 3.8) is 0 Å². The first-order valence-electron chi connectivity index (χ1n) is 8.04. The average molecular weight is 368 g/mol. The highest BCUT2D eigenvalue weighted by molar-refractivity contribution is 8.00. The molecule has 0 fully saturated rings. The second-order valence-electron chi connectivity index (χ2n) is 5.67. The first-order valence-corrected chi connectivity index (χ1v) is 9.03. The maximum absolute atomic E-state index is 13.5. The van der Waals surface area contributed by atoms with Crippen LogP contribution in [0, 0.1) is 5.82 Å². The number of thioether (sulfide) groups is 1. The van der Waals surface area contributed by atoms with Crippen molar-refractivity contribution in [1.82, 2.24) is 10.9 Å². The van der Waals surface area contributed by atoms with Crippen molar-refractivity contribution in [1.29, 1.82) is 0 Å². The zero-order valence-electron chi connectivity index (χ0n) is 13.9. The number of hydrogen-bond acceptors (Lipinski definition) is 3. The summed E-state index contributed by atoms with van der Waals surface area (Å²) in [6.07, 6.45) is 0.158. The Morgan fingerprint density at radius 1 is 0.846 bits per heavy atom. The fourth-order valence-corrected chi connectivity index (χ4v) is 3.20. The van der Waals surface area contributed by atoms with Crippen LogP contribution in [0.4, 0.5) is 4.39 Å². The molecule has 26 heavy (non-hydrogen) atoms. The van der Waals surface area contributed by atoms with Gasteiger partial charge in [-0.3, -0.25) is 20.4 Å². The van der Waals surface area contributed by atoms with Gasteiger partial charge < -0.3 is 0 Å². The molecule has 2 N–H and O–H groups in total. The zero-order valence-corrected chi connectivity index (χ0v) is 14.7. The molecule has 3 rings (SSSR count). The topological polar surface area (TPSA) is 58.2 Å². The number of hydrogen-bond donors (Lipinski definition) is 2. The monoisotopic (exact) mass is 368 g/mol. The molecule has 0 aliphatic heterocycles. The first-order chi connectivity index (χ1) is 12.6. The summed E-state index contributed by atoms with van der Waals surface area (Å²) in [5.74, 6) is -1.07. The Morgan fingerprint density at radius 3 is 2.35 bits per heavy atom. The predicted octanol–water partition coefficient (Wildman–Crippen LogP) is 3.46. The summed E-state index contributed by atoms with van der Waals surface area (Å²) in [4.78, 5) is 24.2. The second kappa shape index (κ2) is 8.49. The number of carbonyl (C=O) groups excluding carboxylic acids is 2. The summed E-state index contributed by atoms with van der Waals surface area (Å²) >= 11 is 1.07. The van der Waals surface area contributed by atoms with E-state index in [9.17, 15) is 14.0 Å². The van der Waals surface area contributed by atoms with Gasteiger partial charge >= 0.3 is 0 Å². The molecule has 132 valence electrons. The van der Waals surface area contributed by atoms with Crippen molar-refractivity contribution in [2.75, 3.05) is 5.75 Å². The van der Waals surface area contributed by atoms with Crippen LogP contribution in [0.1, 0.15) is 5.56 Å². The third-order valence-electron chi connectivity index (χ3n) is 3.72. The fourth-order valence-electron chi connectivity index (χ4n) is 2.46. The summed E-state index contributed by atoms with van der Waals surface area (Å²) in [5.41, 5.74) is 5.59. The SMILES string of the molecule is O=C(CSc1ccccc1F)NNC(=O)Cc1ccc2ccccc2c1. The molecular weight excluding hydrogens is 351 g/mol. The van der Waals surface area contributed by atoms with E-state index in [-0.39, 0.29) is 23.9 Å². The molecule has 0 atom stereocenters. The molecule has 2 amide bonds. The number of nitrogens with one attached hydrogen (secondary N) is 2. The van der Waals surface area contributed by atoms with E-state index in [1.807, 2.05) is 42.5 Å². The number of benzene rings is 3. The van der Waals surface area contributed by atoms with Gasteiger partial charge in [-0.2, -0.15) is 0 Å². The number of amides is 2. The minimum atomic E-state index is -0.398. The van der Waals surface area contributed by atoms with Crippen LogP contribution in [0.5, 0.6) is 0 Å². The molecule has 3 aromatic rings. The van der Waals surface area contributed by atoms with Crippen LogP contribution < -0.4 is 10.9 Å². The van der Waals surface area contributed by atoms with Gasteiger partial charge in [-0.1, -0.05) is 54.6 Å². The number of rotatable bonds is 5. The number of carbonyl (C=O) groups is 2. The quantitative estimate of drug-likeness (QED) is 0.536. The third-order valence-corrected chi connectivity index (χ3v) is 4.76. The number of fused-ring (bicyclic) bond motifs is 1. The molecule has 3 aromatic carbocycles. The summed E-state index contributed by atoms with van der Waals surface area (Å²) in [6.45, 7) is 0. The van der Waals surface area contributed by atoms with E-state index in [1.54, 1.807) is 18.2 Å². The van der Waals surface area contributed by atoms with Gasteiger partial charge in [-0.15, -0.1) is 11.8 Å². The molecule has 0 aliphatic rings. The van der Waals surface area contributed by atoms with Crippen molar-refractivity contribution < 1.29 is 14.0 Å². The van der Waals surface area contributed by atoms with E-state index in [4.69, 9.17) is 0 Å². The predicted molar refractivity (Wildman–Crippen MR) is 101 cm³/mol. The molecule has 0 unspecified atom stereocenters. The maximum atomic E-state index is 13.5. The van der Waals surface area contributed by atoms with Gasteiger partial charge in [-0.25, -0.2) is 4.39 Å². The molecule has 0 saturated heterocycles. The Labute approximate surface area is 154 Å². The third kappa shape index (κ3) is 4.83. The van der Waals surface area contributed by atoms with E-state index < -0.39 is 5.91 Å². The van der Waals surface area contributed by atoms with Crippen LogP contribution in [0.15, 0.2) is 71.6 Å². The average Bonchev–Trinajstić information content (AvgIpc) is 2.65. The molecule has 0 heterocycles. The molecule has 0 saturated carbocycles. The Morgan fingerprint density at radius 2 is 1.54 bits per heavy atom. The lowest BCUT2D eigenvalue weighted by atomic mass is 10.1. The van der Waals surface area contributed by atoms with E-state index in [2.05, 4.69) is 10.9 Å². The van der Waals surface area contributed by atoms with Crippen molar-refractivity contribution in [3.8, 4) is 0 Å².